The third-order valence-corrected chi connectivity index (χ3v) is 2.76. The molecular weight excluding hydrogens is 319 g/mol. The standard InChI is InChI=1S/C14H14F3NO5/c1-2-23-11(19)7-10(13(21)22)18-12(20)8-5-3-4-6-9(8)14(15,16)17/h3-6,10H,2,7H2,1H3,(H,18,20)(H,21,22)/t10-/m1/s1. The number of rotatable bonds is 6. The average Bonchev–Trinajstić information content (AvgIpc) is 2.45. The van der Waals surface area contributed by atoms with Crippen LogP contribution in [0.15, 0.2) is 24.3 Å². The van der Waals surface area contributed by atoms with E-state index in [0.717, 1.165) is 12.1 Å². The number of carboxylic acids is 1. The predicted molar refractivity (Wildman–Crippen MR) is 71.6 cm³/mol. The van der Waals surface area contributed by atoms with Gasteiger partial charge in [-0.05, 0) is 19.1 Å². The zero-order valence-electron chi connectivity index (χ0n) is 12.0. The predicted octanol–water partition coefficient (Wildman–Crippen LogP) is 1.84. The Morgan fingerprint density at radius 3 is 2.39 bits per heavy atom. The molecule has 0 fully saturated rings. The van der Waals surface area contributed by atoms with Crippen LogP contribution in [-0.4, -0.2) is 35.6 Å². The quantitative estimate of drug-likeness (QED) is 0.775. The molecule has 0 aliphatic rings. The molecule has 1 atom stereocenters. The summed E-state index contributed by atoms with van der Waals surface area (Å²) in [6.07, 6.45) is -5.46. The Kier molecular flexibility index (Phi) is 6.11. The van der Waals surface area contributed by atoms with Crippen molar-refractivity contribution >= 4 is 17.8 Å². The van der Waals surface area contributed by atoms with Gasteiger partial charge in [-0.15, -0.1) is 0 Å². The fourth-order valence-electron chi connectivity index (χ4n) is 1.75. The Balaban J connectivity index is 2.97. The number of esters is 1. The first-order valence-electron chi connectivity index (χ1n) is 6.52. The van der Waals surface area contributed by atoms with Crippen LogP contribution in [-0.2, 0) is 20.5 Å². The molecule has 0 aliphatic carbocycles. The van der Waals surface area contributed by atoms with E-state index >= 15 is 0 Å². The number of carbonyl (C=O) groups excluding carboxylic acids is 2. The molecule has 0 aliphatic heterocycles. The van der Waals surface area contributed by atoms with Gasteiger partial charge in [0.15, 0.2) is 0 Å². The van der Waals surface area contributed by atoms with Gasteiger partial charge in [-0.25, -0.2) is 4.79 Å². The molecular formula is C14H14F3NO5. The summed E-state index contributed by atoms with van der Waals surface area (Å²) in [6.45, 7) is 1.52. The molecule has 0 saturated carbocycles. The molecule has 0 spiro atoms. The first-order chi connectivity index (χ1) is 10.7. The minimum Gasteiger partial charge on any atom is -0.480 e. The van der Waals surface area contributed by atoms with Crippen molar-refractivity contribution in [2.24, 2.45) is 0 Å². The van der Waals surface area contributed by atoms with Crippen LogP contribution in [0.1, 0.15) is 29.3 Å². The van der Waals surface area contributed by atoms with Gasteiger partial charge in [0.25, 0.3) is 5.91 Å². The summed E-state index contributed by atoms with van der Waals surface area (Å²) in [4.78, 5) is 34.3. The van der Waals surface area contributed by atoms with E-state index in [2.05, 4.69) is 4.74 Å². The highest BCUT2D eigenvalue weighted by Gasteiger charge is 2.35. The maximum atomic E-state index is 12.8. The van der Waals surface area contributed by atoms with E-state index in [9.17, 15) is 27.6 Å². The Morgan fingerprint density at radius 2 is 1.87 bits per heavy atom. The molecule has 0 heterocycles. The van der Waals surface area contributed by atoms with Crippen LogP contribution < -0.4 is 5.32 Å². The second-order valence-electron chi connectivity index (χ2n) is 4.42. The SMILES string of the molecule is CCOC(=O)C[C@@H](NC(=O)c1ccccc1C(F)(F)F)C(=O)O. The molecule has 0 saturated heterocycles. The number of carbonyl (C=O) groups is 3. The minimum atomic E-state index is -4.77. The van der Waals surface area contributed by atoms with Gasteiger partial charge in [-0.3, -0.25) is 9.59 Å². The Labute approximate surface area is 129 Å². The molecule has 1 aromatic carbocycles. The number of aliphatic carboxylic acids is 1. The van der Waals surface area contributed by atoms with Crippen LogP contribution in [0.2, 0.25) is 0 Å². The van der Waals surface area contributed by atoms with E-state index in [1.165, 1.54) is 13.0 Å². The third kappa shape index (κ3) is 5.28. The molecule has 0 aromatic heterocycles. The van der Waals surface area contributed by atoms with E-state index in [1.807, 2.05) is 5.32 Å². The van der Waals surface area contributed by atoms with Crippen LogP contribution in [0.3, 0.4) is 0 Å². The van der Waals surface area contributed by atoms with Crippen molar-refractivity contribution in [1.29, 1.82) is 0 Å². The summed E-state index contributed by atoms with van der Waals surface area (Å²) in [5.74, 6) is -3.69. The first kappa shape index (κ1) is 18.5. The van der Waals surface area contributed by atoms with Crippen molar-refractivity contribution < 1.29 is 37.4 Å². The smallest absolute Gasteiger partial charge is 0.417 e. The zero-order chi connectivity index (χ0) is 17.6. The van der Waals surface area contributed by atoms with Gasteiger partial charge in [-0.1, -0.05) is 12.1 Å². The number of hydrogen-bond donors (Lipinski definition) is 2. The van der Waals surface area contributed by atoms with Crippen LogP contribution in [0.5, 0.6) is 0 Å². The zero-order valence-corrected chi connectivity index (χ0v) is 12.0. The van der Waals surface area contributed by atoms with Crippen molar-refractivity contribution in [3.8, 4) is 0 Å². The van der Waals surface area contributed by atoms with E-state index < -0.39 is 47.6 Å². The maximum absolute atomic E-state index is 12.8. The molecule has 126 valence electrons. The summed E-state index contributed by atoms with van der Waals surface area (Å²) >= 11 is 0. The van der Waals surface area contributed by atoms with Crippen LogP contribution in [0.4, 0.5) is 13.2 Å². The van der Waals surface area contributed by atoms with E-state index in [0.29, 0.717) is 6.07 Å². The first-order valence-corrected chi connectivity index (χ1v) is 6.52. The Hall–Kier alpha value is -2.58. The highest BCUT2D eigenvalue weighted by Crippen LogP contribution is 2.31. The number of nitrogens with one attached hydrogen (secondary N) is 1. The summed E-state index contributed by atoms with van der Waals surface area (Å²) in [5.41, 5.74) is -1.92. The van der Waals surface area contributed by atoms with Crippen LogP contribution in [0, 0.1) is 0 Å². The largest absolute Gasteiger partial charge is 0.480 e. The molecule has 0 radical (unpaired) electrons. The molecule has 1 rings (SSSR count). The molecule has 0 unspecified atom stereocenters. The van der Waals surface area contributed by atoms with Gasteiger partial charge in [0, 0.05) is 0 Å². The number of benzene rings is 1. The lowest BCUT2D eigenvalue weighted by molar-refractivity contribution is -0.149. The van der Waals surface area contributed by atoms with Gasteiger partial charge < -0.3 is 15.2 Å². The van der Waals surface area contributed by atoms with Gasteiger partial charge in [0.1, 0.15) is 6.04 Å². The second kappa shape index (κ2) is 7.61. The highest BCUT2D eigenvalue weighted by molar-refractivity contribution is 5.98. The summed E-state index contributed by atoms with van der Waals surface area (Å²) in [5, 5.41) is 10.9. The summed E-state index contributed by atoms with van der Waals surface area (Å²) in [7, 11) is 0. The fraction of sp³-hybridized carbons (Fsp3) is 0.357. The van der Waals surface area contributed by atoms with Gasteiger partial charge in [0.05, 0.1) is 24.2 Å². The van der Waals surface area contributed by atoms with E-state index in [1.54, 1.807) is 0 Å². The van der Waals surface area contributed by atoms with Crippen molar-refractivity contribution in [2.75, 3.05) is 6.61 Å². The minimum absolute atomic E-state index is 0.00995. The average molecular weight is 333 g/mol. The number of carboxylic acid groups (broad SMARTS) is 1. The lowest BCUT2D eigenvalue weighted by Crippen LogP contribution is -2.43. The molecule has 2 N–H and O–H groups in total. The monoisotopic (exact) mass is 333 g/mol. The molecule has 1 aromatic rings. The maximum Gasteiger partial charge on any atom is 0.417 e. The van der Waals surface area contributed by atoms with Gasteiger partial charge in [-0.2, -0.15) is 13.2 Å². The van der Waals surface area contributed by atoms with Gasteiger partial charge >= 0.3 is 18.1 Å². The van der Waals surface area contributed by atoms with E-state index in [-0.39, 0.29) is 6.61 Å². The second-order valence-corrected chi connectivity index (χ2v) is 4.42. The molecule has 1 amide bonds. The third-order valence-electron chi connectivity index (χ3n) is 2.76. The lowest BCUT2D eigenvalue weighted by Gasteiger charge is -2.16. The van der Waals surface area contributed by atoms with Crippen molar-refractivity contribution in [2.45, 2.75) is 25.6 Å². The topological polar surface area (TPSA) is 92.7 Å². The number of alkyl halides is 3. The molecule has 0 bridgehead atoms. The molecule has 9 heteroatoms. The van der Waals surface area contributed by atoms with Crippen molar-refractivity contribution in [3.05, 3.63) is 35.4 Å². The van der Waals surface area contributed by atoms with Crippen LogP contribution in [0.25, 0.3) is 0 Å². The number of ether oxygens (including phenoxy) is 1. The summed E-state index contributed by atoms with van der Waals surface area (Å²) in [6, 6.07) is 2.25. The fourth-order valence-corrected chi connectivity index (χ4v) is 1.75. The van der Waals surface area contributed by atoms with E-state index in [4.69, 9.17) is 5.11 Å². The number of halogens is 3. The molecule has 6 nitrogen and oxygen atoms in total. The normalized spacial score (nSPS) is 12.3. The van der Waals surface area contributed by atoms with Crippen LogP contribution >= 0.6 is 0 Å². The van der Waals surface area contributed by atoms with Crippen molar-refractivity contribution in [1.82, 2.24) is 5.32 Å². The molecule has 23 heavy (non-hydrogen) atoms. The number of amides is 1. The Bertz CT molecular complexity index is 600. The van der Waals surface area contributed by atoms with Crippen molar-refractivity contribution in [3.63, 3.8) is 0 Å². The lowest BCUT2D eigenvalue weighted by atomic mass is 10.1. The number of hydrogen-bond acceptors (Lipinski definition) is 4. The van der Waals surface area contributed by atoms with Gasteiger partial charge in [0.2, 0.25) is 0 Å². The highest BCUT2D eigenvalue weighted by atomic mass is 19.4. The summed E-state index contributed by atoms with van der Waals surface area (Å²) < 4.78 is 43.1. The Morgan fingerprint density at radius 1 is 1.26 bits per heavy atom.